The van der Waals surface area contributed by atoms with Crippen molar-refractivity contribution in [1.29, 1.82) is 0 Å². The van der Waals surface area contributed by atoms with Gasteiger partial charge in [0.2, 0.25) is 5.91 Å². The Bertz CT molecular complexity index is 1910. The Morgan fingerprint density at radius 3 is 2.35 bits per heavy atom. The lowest BCUT2D eigenvalue weighted by Crippen LogP contribution is -2.49. The van der Waals surface area contributed by atoms with Crippen LogP contribution >= 0.6 is 0 Å². The fraction of sp³-hybridized carbons (Fsp3) is 0.400. The van der Waals surface area contributed by atoms with Gasteiger partial charge in [-0.05, 0) is 94.1 Å². The van der Waals surface area contributed by atoms with E-state index >= 15 is 0 Å². The first-order chi connectivity index (χ1) is 23.1. The van der Waals surface area contributed by atoms with Crippen molar-refractivity contribution >= 4 is 35.1 Å². The molecule has 2 N–H and O–H groups in total. The number of aromatic nitrogens is 3. The molecule has 2 aliphatic rings. The number of fused-ring (bicyclic) bond motifs is 1. The second kappa shape index (κ2) is 13.1. The molecule has 1 aliphatic heterocycles. The van der Waals surface area contributed by atoms with Crippen LogP contribution in [0.3, 0.4) is 0 Å². The number of ether oxygens (including phenoxy) is 1. The Labute approximate surface area is 281 Å². The second-order valence-corrected chi connectivity index (χ2v) is 13.6. The van der Waals surface area contributed by atoms with Crippen LogP contribution in [0.5, 0.6) is 0 Å². The van der Waals surface area contributed by atoms with Crippen LogP contribution in [0.2, 0.25) is 0 Å². The number of nitrogens with one attached hydrogen (secondary N) is 2. The van der Waals surface area contributed by atoms with E-state index in [1.807, 2.05) is 11.8 Å². The molecule has 4 aromatic rings. The van der Waals surface area contributed by atoms with Gasteiger partial charge in [0.15, 0.2) is 11.5 Å². The number of nitrogens with zero attached hydrogens (tertiary/aromatic N) is 5. The molecule has 14 heteroatoms. The molecule has 1 saturated carbocycles. The summed E-state index contributed by atoms with van der Waals surface area (Å²) in [4.78, 5) is 46.0. The summed E-state index contributed by atoms with van der Waals surface area (Å²) in [5.74, 6) is -0.216. The van der Waals surface area contributed by atoms with Gasteiger partial charge in [-0.2, -0.15) is 18.3 Å². The van der Waals surface area contributed by atoms with Crippen molar-refractivity contribution in [2.24, 2.45) is 5.92 Å². The Morgan fingerprint density at radius 1 is 0.939 bits per heavy atom. The number of hydrogen-bond acceptors (Lipinski definition) is 7. The highest BCUT2D eigenvalue weighted by molar-refractivity contribution is 6.05. The zero-order chi connectivity index (χ0) is 35.1. The normalized spacial score (nSPS) is 15.7. The van der Waals surface area contributed by atoms with Gasteiger partial charge >= 0.3 is 12.3 Å². The summed E-state index contributed by atoms with van der Waals surface area (Å²) in [5, 5.41) is 10.1. The Kier molecular flexibility index (Phi) is 9.09. The Hall–Kier alpha value is -4.98. The number of amides is 3. The summed E-state index contributed by atoms with van der Waals surface area (Å²) < 4.78 is 48.8. The number of alkyl halides is 3. The number of hydrogen-bond donors (Lipinski definition) is 2. The van der Waals surface area contributed by atoms with Crippen molar-refractivity contribution in [3.05, 3.63) is 77.0 Å². The van der Waals surface area contributed by atoms with Crippen LogP contribution in [0.25, 0.3) is 16.9 Å². The van der Waals surface area contributed by atoms with Gasteiger partial charge < -0.3 is 20.3 Å². The summed E-state index contributed by atoms with van der Waals surface area (Å²) in [7, 11) is 0. The largest absolute Gasteiger partial charge is 0.444 e. The number of aryl methyl sites for hydroxylation is 1. The lowest BCUT2D eigenvalue weighted by atomic mass is 10.0. The predicted molar refractivity (Wildman–Crippen MR) is 177 cm³/mol. The Morgan fingerprint density at radius 2 is 1.67 bits per heavy atom. The van der Waals surface area contributed by atoms with Crippen molar-refractivity contribution in [1.82, 2.24) is 24.4 Å². The smallest absolute Gasteiger partial charge is 0.416 e. The van der Waals surface area contributed by atoms with Crippen molar-refractivity contribution < 1.29 is 32.3 Å². The third kappa shape index (κ3) is 8.37. The highest BCUT2D eigenvalue weighted by Gasteiger charge is 2.32. The summed E-state index contributed by atoms with van der Waals surface area (Å²) >= 11 is 0. The molecule has 0 spiro atoms. The number of halogens is 3. The van der Waals surface area contributed by atoms with Crippen LogP contribution in [0.1, 0.15) is 60.7 Å². The van der Waals surface area contributed by atoms with Crippen LogP contribution in [0, 0.1) is 12.8 Å². The number of benzene rings is 2. The lowest BCUT2D eigenvalue weighted by Gasteiger charge is -2.35. The van der Waals surface area contributed by atoms with E-state index in [0.29, 0.717) is 54.5 Å². The maximum atomic E-state index is 13.9. The van der Waals surface area contributed by atoms with Crippen molar-refractivity contribution in [2.45, 2.75) is 58.9 Å². The van der Waals surface area contributed by atoms with Crippen LogP contribution in [0.4, 0.5) is 29.5 Å². The molecule has 258 valence electrons. The SMILES string of the molecule is Cc1ccc(C(=O)Nc2cc(CN3CCN(C(=O)OC(C)(C)C)CC3)cc(C(F)(F)F)c2)cc1-c1ccc2nc(NC(=O)C3CC3)cn2n1. The van der Waals surface area contributed by atoms with Crippen LogP contribution < -0.4 is 10.6 Å². The van der Waals surface area contributed by atoms with Gasteiger partial charge in [0, 0.05) is 55.5 Å². The van der Waals surface area contributed by atoms with Gasteiger partial charge in [0.1, 0.15) is 5.60 Å². The fourth-order valence-electron chi connectivity index (χ4n) is 5.59. The average molecular weight is 678 g/mol. The number of carbonyl (C=O) groups is 3. The quantitative estimate of drug-likeness (QED) is 0.233. The molecule has 3 amide bonds. The van der Waals surface area contributed by atoms with Crippen LogP contribution in [-0.4, -0.2) is 74.1 Å². The van der Waals surface area contributed by atoms with Gasteiger partial charge in [-0.3, -0.25) is 14.5 Å². The fourth-order valence-corrected chi connectivity index (χ4v) is 5.59. The number of rotatable bonds is 7. The van der Waals surface area contributed by atoms with Crippen molar-refractivity contribution in [3.63, 3.8) is 0 Å². The topological polar surface area (TPSA) is 121 Å². The first-order valence-electron chi connectivity index (χ1n) is 16.1. The summed E-state index contributed by atoms with van der Waals surface area (Å²) in [5.41, 5.74) is 1.71. The first kappa shape index (κ1) is 33.9. The number of carbonyl (C=O) groups excluding carboxylic acids is 3. The third-order valence-corrected chi connectivity index (χ3v) is 8.30. The van der Waals surface area contributed by atoms with E-state index in [4.69, 9.17) is 4.74 Å². The minimum absolute atomic E-state index is 0.0167. The lowest BCUT2D eigenvalue weighted by molar-refractivity contribution is -0.137. The maximum absolute atomic E-state index is 13.9. The zero-order valence-electron chi connectivity index (χ0n) is 27.7. The molecule has 1 saturated heterocycles. The molecule has 2 aromatic heterocycles. The van der Waals surface area contributed by atoms with E-state index in [0.717, 1.165) is 30.5 Å². The van der Waals surface area contributed by atoms with Gasteiger partial charge in [-0.25, -0.2) is 14.3 Å². The third-order valence-electron chi connectivity index (χ3n) is 8.30. The minimum atomic E-state index is -4.62. The molecule has 0 atom stereocenters. The monoisotopic (exact) mass is 677 g/mol. The van der Waals surface area contributed by atoms with E-state index in [-0.39, 0.29) is 29.6 Å². The molecule has 0 radical (unpaired) electrons. The summed E-state index contributed by atoms with van der Waals surface area (Å²) in [6.07, 6.45) is -1.68. The van der Waals surface area contributed by atoms with E-state index in [2.05, 4.69) is 20.7 Å². The second-order valence-electron chi connectivity index (χ2n) is 13.6. The molecular weight excluding hydrogens is 639 g/mol. The first-order valence-corrected chi connectivity index (χ1v) is 16.1. The van der Waals surface area contributed by atoms with Gasteiger partial charge in [0.25, 0.3) is 5.91 Å². The summed E-state index contributed by atoms with van der Waals surface area (Å²) in [6, 6.07) is 12.1. The zero-order valence-corrected chi connectivity index (χ0v) is 27.7. The maximum Gasteiger partial charge on any atom is 0.416 e. The molecule has 1 aliphatic carbocycles. The van der Waals surface area contributed by atoms with Crippen LogP contribution in [0.15, 0.2) is 54.7 Å². The molecular formula is C35H38F3N7O4. The van der Waals surface area contributed by atoms with E-state index in [9.17, 15) is 27.6 Å². The molecule has 0 bridgehead atoms. The molecule has 11 nitrogen and oxygen atoms in total. The van der Waals surface area contributed by atoms with E-state index in [1.165, 1.54) is 6.07 Å². The number of anilines is 2. The molecule has 3 heterocycles. The highest BCUT2D eigenvalue weighted by Crippen LogP contribution is 2.33. The molecule has 0 unspecified atom stereocenters. The van der Waals surface area contributed by atoms with Crippen molar-refractivity contribution in [3.8, 4) is 11.3 Å². The number of imidazole rings is 1. The van der Waals surface area contributed by atoms with Gasteiger partial charge in [0.05, 0.1) is 17.5 Å². The van der Waals surface area contributed by atoms with Gasteiger partial charge in [-0.1, -0.05) is 6.07 Å². The van der Waals surface area contributed by atoms with E-state index < -0.39 is 29.3 Å². The average Bonchev–Trinajstić information content (AvgIpc) is 3.80. The highest BCUT2D eigenvalue weighted by atomic mass is 19.4. The minimum Gasteiger partial charge on any atom is -0.444 e. The molecule has 2 aromatic carbocycles. The number of piperazine rings is 1. The van der Waals surface area contributed by atoms with E-state index in [1.54, 1.807) is 66.7 Å². The van der Waals surface area contributed by atoms with Crippen molar-refractivity contribution in [2.75, 3.05) is 36.8 Å². The standard InChI is InChI=1S/C35H38F3N7O4/c1-21-5-6-24(17-27(21)28-9-10-30-40-29(20-45(30)42-28)41-31(46)23-7-8-23)32(47)39-26-16-22(15-25(18-26)35(36,37)38)19-43-11-13-44(14-12-43)33(48)49-34(2,3)4/h5-6,9-10,15-18,20,23H,7-8,11-14,19H2,1-4H3,(H,39,47)(H,41,46). The molecule has 2 fully saturated rings. The predicted octanol–water partition coefficient (Wildman–Crippen LogP) is 6.38. The molecule has 6 rings (SSSR count). The molecule has 49 heavy (non-hydrogen) atoms. The van der Waals surface area contributed by atoms with Gasteiger partial charge in [-0.15, -0.1) is 0 Å². The van der Waals surface area contributed by atoms with Crippen LogP contribution in [-0.2, 0) is 22.3 Å². The summed E-state index contributed by atoms with van der Waals surface area (Å²) in [6.45, 7) is 9.12. The Balaban J connectivity index is 1.17.